The molecule has 4 rings (SSSR count). The SMILES string of the molecule is CO[C@]1(COc2cccc(Cl)c2)COCCN(Cc2cccc(OCCCn3cccn3)c2)C1. The summed E-state index contributed by atoms with van der Waals surface area (Å²) < 4.78 is 25.8. The molecule has 0 radical (unpaired) electrons. The van der Waals surface area contributed by atoms with Crippen LogP contribution in [-0.2, 0) is 22.6 Å². The molecule has 1 aliphatic rings. The number of aryl methyl sites for hydroxylation is 1. The number of halogens is 1. The first kappa shape index (κ1) is 24.5. The molecule has 0 amide bonds. The Morgan fingerprint density at radius 2 is 1.94 bits per heavy atom. The number of hydrogen-bond acceptors (Lipinski definition) is 6. The molecule has 1 aromatic heterocycles. The van der Waals surface area contributed by atoms with Crippen LogP contribution in [-0.4, -0.2) is 66.9 Å². The summed E-state index contributed by atoms with van der Waals surface area (Å²) in [5, 5.41) is 4.87. The fourth-order valence-corrected chi connectivity index (χ4v) is 4.18. The lowest BCUT2D eigenvalue weighted by Crippen LogP contribution is -2.50. The van der Waals surface area contributed by atoms with Gasteiger partial charge < -0.3 is 18.9 Å². The molecule has 0 bridgehead atoms. The molecule has 2 aromatic carbocycles. The van der Waals surface area contributed by atoms with E-state index in [0.717, 1.165) is 37.6 Å². The van der Waals surface area contributed by atoms with Crippen molar-refractivity contribution >= 4 is 11.6 Å². The van der Waals surface area contributed by atoms with Gasteiger partial charge >= 0.3 is 0 Å². The molecular weight excluding hydrogens is 454 g/mol. The van der Waals surface area contributed by atoms with E-state index in [9.17, 15) is 0 Å². The molecule has 1 fully saturated rings. The highest BCUT2D eigenvalue weighted by Crippen LogP contribution is 2.23. The Bertz CT molecular complexity index is 1020. The number of aromatic nitrogens is 2. The summed E-state index contributed by atoms with van der Waals surface area (Å²) in [6.07, 6.45) is 4.66. The summed E-state index contributed by atoms with van der Waals surface area (Å²) in [4.78, 5) is 2.34. The first-order chi connectivity index (χ1) is 16.6. The molecule has 1 atom stereocenters. The van der Waals surface area contributed by atoms with E-state index in [1.54, 1.807) is 19.4 Å². The summed E-state index contributed by atoms with van der Waals surface area (Å²) in [7, 11) is 1.71. The van der Waals surface area contributed by atoms with Crippen molar-refractivity contribution in [3.8, 4) is 11.5 Å². The fraction of sp³-hybridized carbons (Fsp3) is 0.423. The largest absolute Gasteiger partial charge is 0.494 e. The number of methoxy groups -OCH3 is 1. The third-order valence-electron chi connectivity index (χ3n) is 5.82. The summed E-state index contributed by atoms with van der Waals surface area (Å²) in [5.74, 6) is 1.60. The van der Waals surface area contributed by atoms with Crippen molar-refractivity contribution < 1.29 is 18.9 Å². The standard InChI is InChI=1S/C26H32ClN3O4/c1-31-26(21-34-25-9-3-7-23(27)17-25)19-29(13-15-32-20-26)18-22-6-2-8-24(16-22)33-14-5-12-30-11-4-10-28-30/h2-4,6-11,16-17H,5,12-15,18-21H2,1H3/t26-/m0/s1. The normalized spacial score (nSPS) is 19.0. The van der Waals surface area contributed by atoms with Crippen LogP contribution in [0.1, 0.15) is 12.0 Å². The van der Waals surface area contributed by atoms with E-state index in [1.165, 1.54) is 5.56 Å². The Kier molecular flexibility index (Phi) is 8.82. The van der Waals surface area contributed by atoms with Gasteiger partial charge in [0.1, 0.15) is 23.7 Å². The van der Waals surface area contributed by atoms with Gasteiger partial charge in [-0.05, 0) is 42.0 Å². The Balaban J connectivity index is 1.32. The first-order valence-corrected chi connectivity index (χ1v) is 11.9. The van der Waals surface area contributed by atoms with E-state index < -0.39 is 5.60 Å². The predicted molar refractivity (Wildman–Crippen MR) is 132 cm³/mol. The maximum atomic E-state index is 6.09. The topological polar surface area (TPSA) is 58.0 Å². The van der Waals surface area contributed by atoms with Crippen LogP contribution < -0.4 is 9.47 Å². The van der Waals surface area contributed by atoms with Crippen molar-refractivity contribution in [3.63, 3.8) is 0 Å². The maximum absolute atomic E-state index is 6.09. The van der Waals surface area contributed by atoms with Gasteiger partial charge in [-0.2, -0.15) is 5.10 Å². The monoisotopic (exact) mass is 485 g/mol. The van der Waals surface area contributed by atoms with E-state index in [0.29, 0.717) is 38.0 Å². The molecule has 0 aliphatic carbocycles. The highest BCUT2D eigenvalue weighted by Gasteiger charge is 2.36. The Labute approximate surface area is 206 Å². The highest BCUT2D eigenvalue weighted by atomic mass is 35.5. The van der Waals surface area contributed by atoms with Crippen LogP contribution in [0, 0.1) is 0 Å². The number of benzene rings is 2. The second-order valence-corrected chi connectivity index (χ2v) is 8.95. The van der Waals surface area contributed by atoms with Crippen LogP contribution in [0.15, 0.2) is 67.0 Å². The zero-order valence-corrected chi connectivity index (χ0v) is 20.3. The average Bonchev–Trinajstić information content (AvgIpc) is 3.28. The highest BCUT2D eigenvalue weighted by molar-refractivity contribution is 6.30. The summed E-state index contributed by atoms with van der Waals surface area (Å²) >= 11 is 6.09. The van der Waals surface area contributed by atoms with E-state index in [4.69, 9.17) is 30.5 Å². The third-order valence-corrected chi connectivity index (χ3v) is 6.06. The van der Waals surface area contributed by atoms with E-state index in [1.807, 2.05) is 47.3 Å². The van der Waals surface area contributed by atoms with Crippen molar-refractivity contribution in [2.45, 2.75) is 25.1 Å². The van der Waals surface area contributed by atoms with Crippen LogP contribution in [0.25, 0.3) is 0 Å². The summed E-state index contributed by atoms with van der Waals surface area (Å²) in [6.45, 7) is 5.27. The molecule has 0 saturated carbocycles. The Morgan fingerprint density at radius 1 is 1.09 bits per heavy atom. The van der Waals surface area contributed by atoms with Crippen molar-refractivity contribution in [2.24, 2.45) is 0 Å². The quantitative estimate of drug-likeness (QED) is 0.377. The van der Waals surface area contributed by atoms with Gasteiger partial charge in [-0.15, -0.1) is 0 Å². The molecule has 0 unspecified atom stereocenters. The molecule has 1 aliphatic heterocycles. The van der Waals surface area contributed by atoms with E-state index in [2.05, 4.69) is 22.1 Å². The van der Waals surface area contributed by atoms with Crippen molar-refractivity contribution in [1.82, 2.24) is 14.7 Å². The molecular formula is C26H32ClN3O4. The van der Waals surface area contributed by atoms with Gasteiger partial charge in [-0.25, -0.2) is 0 Å². The van der Waals surface area contributed by atoms with Gasteiger partial charge in [0.25, 0.3) is 0 Å². The fourth-order valence-electron chi connectivity index (χ4n) is 4.00. The minimum Gasteiger partial charge on any atom is -0.494 e. The maximum Gasteiger partial charge on any atom is 0.137 e. The molecule has 8 heteroatoms. The van der Waals surface area contributed by atoms with Crippen molar-refractivity contribution in [3.05, 3.63) is 77.6 Å². The van der Waals surface area contributed by atoms with Crippen LogP contribution in [0.4, 0.5) is 0 Å². The van der Waals surface area contributed by atoms with Gasteiger partial charge in [0.15, 0.2) is 0 Å². The minimum absolute atomic E-state index is 0.375. The van der Waals surface area contributed by atoms with Gasteiger partial charge in [0, 0.05) is 57.1 Å². The van der Waals surface area contributed by atoms with Gasteiger partial charge in [-0.3, -0.25) is 9.58 Å². The second kappa shape index (κ2) is 12.2. The number of rotatable bonds is 11. The lowest BCUT2D eigenvalue weighted by molar-refractivity contribution is -0.0925. The molecule has 0 spiro atoms. The van der Waals surface area contributed by atoms with E-state index in [-0.39, 0.29) is 0 Å². The van der Waals surface area contributed by atoms with Gasteiger partial charge in [0.2, 0.25) is 0 Å². The van der Waals surface area contributed by atoms with Crippen LogP contribution in [0.5, 0.6) is 11.5 Å². The minimum atomic E-state index is -0.570. The zero-order valence-electron chi connectivity index (χ0n) is 19.6. The molecule has 34 heavy (non-hydrogen) atoms. The van der Waals surface area contributed by atoms with Crippen LogP contribution in [0.3, 0.4) is 0 Å². The molecule has 2 heterocycles. The molecule has 0 N–H and O–H groups in total. The molecule has 3 aromatic rings. The summed E-state index contributed by atoms with van der Waals surface area (Å²) in [6, 6.07) is 17.6. The zero-order chi connectivity index (χ0) is 23.6. The van der Waals surface area contributed by atoms with Crippen molar-refractivity contribution in [1.29, 1.82) is 0 Å². The molecule has 182 valence electrons. The van der Waals surface area contributed by atoms with Crippen LogP contribution in [0.2, 0.25) is 5.02 Å². The Hall–Kier alpha value is -2.58. The first-order valence-electron chi connectivity index (χ1n) is 11.6. The van der Waals surface area contributed by atoms with Crippen LogP contribution >= 0.6 is 11.6 Å². The molecule has 7 nitrogen and oxygen atoms in total. The summed E-state index contributed by atoms with van der Waals surface area (Å²) in [5.41, 5.74) is 0.617. The third kappa shape index (κ3) is 7.21. The number of hydrogen-bond donors (Lipinski definition) is 0. The molecule has 1 saturated heterocycles. The van der Waals surface area contributed by atoms with Gasteiger partial charge in [0.05, 0.1) is 19.8 Å². The predicted octanol–water partition coefficient (Wildman–Crippen LogP) is 4.30. The number of nitrogens with zero attached hydrogens (tertiary/aromatic N) is 3. The van der Waals surface area contributed by atoms with E-state index >= 15 is 0 Å². The smallest absolute Gasteiger partial charge is 0.137 e. The van der Waals surface area contributed by atoms with Gasteiger partial charge in [-0.1, -0.05) is 29.8 Å². The average molecular weight is 486 g/mol. The second-order valence-electron chi connectivity index (χ2n) is 8.51. The lowest BCUT2D eigenvalue weighted by atomic mass is 10.1. The lowest BCUT2D eigenvalue weighted by Gasteiger charge is -2.34. The Morgan fingerprint density at radius 3 is 2.74 bits per heavy atom. The van der Waals surface area contributed by atoms with Crippen molar-refractivity contribution in [2.75, 3.05) is 46.6 Å². The number of ether oxygens (including phenoxy) is 4.